The van der Waals surface area contributed by atoms with Crippen molar-refractivity contribution in [2.24, 2.45) is 0 Å². The average Bonchev–Trinajstić information content (AvgIpc) is 2.27. The van der Waals surface area contributed by atoms with E-state index in [0.717, 1.165) is 0 Å². The Labute approximate surface area is 112 Å². The van der Waals surface area contributed by atoms with Crippen LogP contribution in [0, 0.1) is 6.92 Å². The van der Waals surface area contributed by atoms with Crippen molar-refractivity contribution in [2.75, 3.05) is 5.32 Å². The number of amides is 1. The molecule has 6 nitrogen and oxygen atoms in total. The smallest absolute Gasteiger partial charge is 0.278 e. The van der Waals surface area contributed by atoms with Gasteiger partial charge in [-0.2, -0.15) is 0 Å². The van der Waals surface area contributed by atoms with Crippen LogP contribution in [0.25, 0.3) is 0 Å². The first-order valence-corrected chi connectivity index (χ1v) is 5.60. The predicted octanol–water partition coefficient (Wildman–Crippen LogP) is 2.13. The minimum Gasteiger partial charge on any atom is -0.289 e. The van der Waals surface area contributed by atoms with Gasteiger partial charge in [0, 0.05) is 5.69 Å². The largest absolute Gasteiger partial charge is 0.289 e. The topological polar surface area (TPSA) is 80.7 Å². The van der Waals surface area contributed by atoms with Crippen LogP contribution in [0.4, 0.5) is 5.95 Å². The lowest BCUT2D eigenvalue weighted by molar-refractivity contribution is 0.102. The Balaban J connectivity index is 2.21. The quantitative estimate of drug-likeness (QED) is 0.854. The maximum Gasteiger partial charge on any atom is 0.278 e. The fourth-order valence-corrected chi connectivity index (χ4v) is 1.59. The summed E-state index contributed by atoms with van der Waals surface area (Å²) in [6.07, 6.45) is 2.62. The molecule has 0 fully saturated rings. The van der Waals surface area contributed by atoms with Crippen LogP contribution in [-0.4, -0.2) is 25.8 Å². The molecule has 0 aromatic carbocycles. The van der Waals surface area contributed by atoms with E-state index in [9.17, 15) is 4.79 Å². The van der Waals surface area contributed by atoms with E-state index in [1.165, 1.54) is 12.4 Å². The normalized spacial score (nSPS) is 10.2. The molecule has 92 valence electrons. The number of aryl methyl sites for hydroxylation is 1. The molecule has 2 heterocycles. The van der Waals surface area contributed by atoms with Crippen molar-refractivity contribution in [2.45, 2.75) is 6.92 Å². The molecule has 0 unspecified atom stereocenters. The maximum absolute atomic E-state index is 11.8. The third-order valence-corrected chi connectivity index (χ3v) is 2.26. The zero-order chi connectivity index (χ0) is 13.1. The van der Waals surface area contributed by atoms with Crippen molar-refractivity contribution in [1.82, 2.24) is 19.9 Å². The van der Waals surface area contributed by atoms with Crippen LogP contribution >= 0.6 is 23.2 Å². The van der Waals surface area contributed by atoms with Crippen LogP contribution in [0.3, 0.4) is 0 Å². The van der Waals surface area contributed by atoms with E-state index in [1.54, 1.807) is 13.0 Å². The van der Waals surface area contributed by atoms with E-state index in [2.05, 4.69) is 25.3 Å². The lowest BCUT2D eigenvalue weighted by Crippen LogP contribution is -2.16. The van der Waals surface area contributed by atoms with E-state index in [1.807, 2.05) is 0 Å². The number of halogens is 2. The zero-order valence-electron chi connectivity index (χ0n) is 9.19. The van der Waals surface area contributed by atoms with Gasteiger partial charge in [-0.25, -0.2) is 15.0 Å². The van der Waals surface area contributed by atoms with Crippen LogP contribution in [0.15, 0.2) is 18.5 Å². The molecule has 1 N–H and O–H groups in total. The second-order valence-corrected chi connectivity index (χ2v) is 4.11. The van der Waals surface area contributed by atoms with Gasteiger partial charge in [-0.1, -0.05) is 23.2 Å². The highest BCUT2D eigenvalue weighted by Crippen LogP contribution is 2.10. The molecular weight excluding hydrogens is 277 g/mol. The molecule has 8 heteroatoms. The first-order chi connectivity index (χ1) is 8.54. The lowest BCUT2D eigenvalue weighted by Gasteiger charge is -2.04. The second-order valence-electron chi connectivity index (χ2n) is 3.34. The maximum atomic E-state index is 11.8. The van der Waals surface area contributed by atoms with E-state index in [-0.39, 0.29) is 21.9 Å². The van der Waals surface area contributed by atoms with Crippen molar-refractivity contribution in [3.63, 3.8) is 0 Å². The Morgan fingerprint density at radius 2 is 1.94 bits per heavy atom. The standard InChI is InChI=1S/C10H7Cl2N5O/c1-5-2-7(11)16-10(14-5)17-9(18)6-3-13-4-8(12)15-6/h2-4H,1H3,(H,14,16,17,18). The van der Waals surface area contributed by atoms with E-state index >= 15 is 0 Å². The summed E-state index contributed by atoms with van der Waals surface area (Å²) in [5, 5.41) is 2.84. The van der Waals surface area contributed by atoms with Crippen LogP contribution < -0.4 is 5.32 Å². The summed E-state index contributed by atoms with van der Waals surface area (Å²) in [7, 11) is 0. The van der Waals surface area contributed by atoms with Crippen LogP contribution in [0.1, 0.15) is 16.2 Å². The first-order valence-electron chi connectivity index (χ1n) is 4.84. The Kier molecular flexibility index (Phi) is 3.69. The molecule has 2 aromatic rings. The highest BCUT2D eigenvalue weighted by Gasteiger charge is 2.11. The third-order valence-electron chi connectivity index (χ3n) is 1.89. The van der Waals surface area contributed by atoms with Gasteiger partial charge < -0.3 is 0 Å². The van der Waals surface area contributed by atoms with Gasteiger partial charge in [0.2, 0.25) is 5.95 Å². The Morgan fingerprint density at radius 1 is 1.17 bits per heavy atom. The molecule has 0 aliphatic carbocycles. The number of nitrogens with zero attached hydrogens (tertiary/aromatic N) is 4. The first kappa shape index (κ1) is 12.7. The Bertz CT molecular complexity index is 584. The van der Waals surface area contributed by atoms with Crippen molar-refractivity contribution in [3.05, 3.63) is 40.2 Å². The molecule has 0 atom stereocenters. The van der Waals surface area contributed by atoms with Crippen LogP contribution in [0.5, 0.6) is 0 Å². The number of anilines is 1. The average molecular weight is 284 g/mol. The Morgan fingerprint density at radius 3 is 2.61 bits per heavy atom. The second kappa shape index (κ2) is 5.24. The number of nitrogens with one attached hydrogen (secondary N) is 1. The summed E-state index contributed by atoms with van der Waals surface area (Å²) in [5.41, 5.74) is 0.714. The summed E-state index contributed by atoms with van der Waals surface area (Å²) >= 11 is 11.4. The zero-order valence-corrected chi connectivity index (χ0v) is 10.7. The molecule has 0 saturated heterocycles. The third kappa shape index (κ3) is 3.12. The minimum atomic E-state index is -0.508. The van der Waals surface area contributed by atoms with Gasteiger partial charge in [0.15, 0.2) is 0 Å². The molecule has 0 bridgehead atoms. The molecule has 0 aliphatic rings. The fraction of sp³-hybridized carbons (Fsp3) is 0.100. The SMILES string of the molecule is Cc1cc(Cl)nc(NC(=O)c2cncc(Cl)n2)n1. The van der Waals surface area contributed by atoms with Gasteiger partial charge >= 0.3 is 0 Å². The number of carbonyl (C=O) groups is 1. The molecular formula is C10H7Cl2N5O. The van der Waals surface area contributed by atoms with Crippen molar-refractivity contribution >= 4 is 35.1 Å². The number of carbonyl (C=O) groups excluding carboxylic acids is 1. The predicted molar refractivity (Wildman–Crippen MR) is 66.8 cm³/mol. The van der Waals surface area contributed by atoms with E-state index < -0.39 is 5.91 Å². The molecule has 0 aliphatic heterocycles. The Hall–Kier alpha value is -1.79. The molecule has 18 heavy (non-hydrogen) atoms. The van der Waals surface area contributed by atoms with Gasteiger partial charge in [0.25, 0.3) is 5.91 Å². The van der Waals surface area contributed by atoms with Gasteiger partial charge in [0.05, 0.1) is 12.4 Å². The summed E-state index contributed by atoms with van der Waals surface area (Å²) in [4.78, 5) is 27.2. The number of aromatic nitrogens is 4. The molecule has 1 amide bonds. The molecule has 0 saturated carbocycles. The summed E-state index contributed by atoms with van der Waals surface area (Å²) < 4.78 is 0. The van der Waals surface area contributed by atoms with Crippen molar-refractivity contribution < 1.29 is 4.79 Å². The fourth-order valence-electron chi connectivity index (χ4n) is 1.20. The number of hydrogen-bond acceptors (Lipinski definition) is 5. The van der Waals surface area contributed by atoms with Crippen molar-refractivity contribution in [1.29, 1.82) is 0 Å². The van der Waals surface area contributed by atoms with Crippen LogP contribution in [-0.2, 0) is 0 Å². The molecule has 0 radical (unpaired) electrons. The van der Waals surface area contributed by atoms with E-state index in [4.69, 9.17) is 23.2 Å². The van der Waals surface area contributed by atoms with Gasteiger partial charge in [-0.3, -0.25) is 15.1 Å². The molecule has 2 aromatic heterocycles. The highest BCUT2D eigenvalue weighted by atomic mass is 35.5. The number of hydrogen-bond donors (Lipinski definition) is 1. The molecule has 2 rings (SSSR count). The summed E-state index contributed by atoms with van der Waals surface area (Å²) in [5.74, 6) is -0.404. The minimum absolute atomic E-state index is 0.0729. The van der Waals surface area contributed by atoms with E-state index in [0.29, 0.717) is 5.69 Å². The lowest BCUT2D eigenvalue weighted by atomic mass is 10.4. The van der Waals surface area contributed by atoms with Crippen LogP contribution in [0.2, 0.25) is 10.3 Å². The van der Waals surface area contributed by atoms with Gasteiger partial charge in [-0.05, 0) is 13.0 Å². The molecule has 0 spiro atoms. The summed E-state index contributed by atoms with van der Waals surface area (Å²) in [6.45, 7) is 1.74. The van der Waals surface area contributed by atoms with Crippen molar-refractivity contribution in [3.8, 4) is 0 Å². The number of rotatable bonds is 2. The monoisotopic (exact) mass is 283 g/mol. The highest BCUT2D eigenvalue weighted by molar-refractivity contribution is 6.29. The summed E-state index contributed by atoms with van der Waals surface area (Å²) in [6, 6.07) is 1.58. The van der Waals surface area contributed by atoms with Gasteiger partial charge in [0.1, 0.15) is 16.0 Å². The van der Waals surface area contributed by atoms with Gasteiger partial charge in [-0.15, -0.1) is 0 Å².